The zero-order valence-corrected chi connectivity index (χ0v) is 7.96. The van der Waals surface area contributed by atoms with E-state index in [1.807, 2.05) is 6.92 Å². The van der Waals surface area contributed by atoms with Crippen molar-refractivity contribution < 1.29 is 5.21 Å². The highest BCUT2D eigenvalue weighted by atomic mass is 16.4. The van der Waals surface area contributed by atoms with E-state index in [1.54, 1.807) is 0 Å². The summed E-state index contributed by atoms with van der Waals surface area (Å²) >= 11 is 0. The van der Waals surface area contributed by atoms with Gasteiger partial charge in [0.2, 0.25) is 0 Å². The Morgan fingerprint density at radius 2 is 1.91 bits per heavy atom. The van der Waals surface area contributed by atoms with Gasteiger partial charge in [0.15, 0.2) is 0 Å². The number of oxime groups is 1. The second kappa shape index (κ2) is 5.16. The van der Waals surface area contributed by atoms with E-state index in [1.165, 1.54) is 6.42 Å². The van der Waals surface area contributed by atoms with Crippen LogP contribution in [0.5, 0.6) is 0 Å². The molecule has 2 heteroatoms. The molecule has 0 saturated carbocycles. The minimum absolute atomic E-state index is 0.630. The van der Waals surface area contributed by atoms with E-state index >= 15 is 0 Å². The first kappa shape index (κ1) is 10.5. The molecule has 2 nitrogen and oxygen atoms in total. The molecule has 0 amide bonds. The van der Waals surface area contributed by atoms with Crippen LogP contribution in [0.15, 0.2) is 5.16 Å². The van der Waals surface area contributed by atoms with Crippen molar-refractivity contribution in [3.05, 3.63) is 0 Å². The Morgan fingerprint density at radius 1 is 1.36 bits per heavy atom. The van der Waals surface area contributed by atoms with Crippen molar-refractivity contribution in [2.24, 2.45) is 17.0 Å². The fraction of sp³-hybridized carbons (Fsp3) is 0.889. The summed E-state index contributed by atoms with van der Waals surface area (Å²) in [7, 11) is 0. The van der Waals surface area contributed by atoms with E-state index < -0.39 is 0 Å². The normalized spacial score (nSPS) is 15.5. The van der Waals surface area contributed by atoms with Gasteiger partial charge in [0.25, 0.3) is 0 Å². The molecular weight excluding hydrogens is 138 g/mol. The summed E-state index contributed by atoms with van der Waals surface area (Å²) < 4.78 is 0. The minimum Gasteiger partial charge on any atom is -0.411 e. The maximum Gasteiger partial charge on any atom is 0.0542 e. The van der Waals surface area contributed by atoms with E-state index in [-0.39, 0.29) is 0 Å². The molecule has 0 saturated heterocycles. The van der Waals surface area contributed by atoms with Crippen LogP contribution in [0.2, 0.25) is 0 Å². The molecule has 0 rings (SSSR count). The summed E-state index contributed by atoms with van der Waals surface area (Å²) in [4.78, 5) is 0. The molecule has 0 aliphatic heterocycles. The van der Waals surface area contributed by atoms with Crippen molar-refractivity contribution in [2.75, 3.05) is 0 Å². The van der Waals surface area contributed by atoms with Crippen LogP contribution in [-0.2, 0) is 0 Å². The molecule has 1 unspecified atom stereocenters. The third-order valence-corrected chi connectivity index (χ3v) is 1.69. The first-order chi connectivity index (χ1) is 5.06. The molecule has 1 atom stereocenters. The number of rotatable bonds is 4. The molecule has 0 spiro atoms. The van der Waals surface area contributed by atoms with E-state index in [0.717, 1.165) is 18.1 Å². The molecule has 0 bridgehead atoms. The van der Waals surface area contributed by atoms with Gasteiger partial charge in [0.1, 0.15) is 0 Å². The summed E-state index contributed by atoms with van der Waals surface area (Å²) in [6.07, 6.45) is 2.11. The van der Waals surface area contributed by atoms with Gasteiger partial charge in [-0.1, -0.05) is 25.9 Å². The van der Waals surface area contributed by atoms with Gasteiger partial charge in [-0.3, -0.25) is 0 Å². The van der Waals surface area contributed by atoms with Crippen molar-refractivity contribution in [1.82, 2.24) is 0 Å². The Labute approximate surface area is 69.3 Å². The molecule has 11 heavy (non-hydrogen) atoms. The second-order valence-electron chi connectivity index (χ2n) is 3.77. The van der Waals surface area contributed by atoms with Crippen molar-refractivity contribution >= 4 is 5.71 Å². The topological polar surface area (TPSA) is 32.6 Å². The van der Waals surface area contributed by atoms with Gasteiger partial charge < -0.3 is 5.21 Å². The monoisotopic (exact) mass is 157 g/mol. The lowest BCUT2D eigenvalue weighted by Gasteiger charge is -2.12. The third-order valence-electron chi connectivity index (χ3n) is 1.69. The van der Waals surface area contributed by atoms with Gasteiger partial charge in [0, 0.05) is 0 Å². The van der Waals surface area contributed by atoms with Crippen LogP contribution in [0.3, 0.4) is 0 Å². The Balaban J connectivity index is 3.60. The summed E-state index contributed by atoms with van der Waals surface area (Å²) in [6.45, 7) is 8.47. The lowest BCUT2D eigenvalue weighted by Crippen LogP contribution is -2.05. The van der Waals surface area contributed by atoms with Crippen LogP contribution in [0.25, 0.3) is 0 Å². The van der Waals surface area contributed by atoms with Crippen LogP contribution in [0, 0.1) is 11.8 Å². The van der Waals surface area contributed by atoms with Gasteiger partial charge in [-0.25, -0.2) is 0 Å². The highest BCUT2D eigenvalue weighted by molar-refractivity contribution is 5.81. The molecular formula is C9H19NO. The smallest absolute Gasteiger partial charge is 0.0542 e. The lowest BCUT2D eigenvalue weighted by molar-refractivity contribution is 0.315. The molecule has 1 N–H and O–H groups in total. The average molecular weight is 157 g/mol. The Bertz CT molecular complexity index is 130. The largest absolute Gasteiger partial charge is 0.411 e. The highest BCUT2D eigenvalue weighted by Gasteiger charge is 2.06. The Kier molecular flexibility index (Phi) is 4.92. The first-order valence-corrected chi connectivity index (χ1v) is 4.23. The summed E-state index contributed by atoms with van der Waals surface area (Å²) in [5, 5.41) is 11.6. The van der Waals surface area contributed by atoms with Crippen LogP contribution >= 0.6 is 0 Å². The van der Waals surface area contributed by atoms with Gasteiger partial charge in [-0.2, -0.15) is 0 Å². The van der Waals surface area contributed by atoms with Crippen molar-refractivity contribution in [3.63, 3.8) is 0 Å². The van der Waals surface area contributed by atoms with E-state index in [2.05, 4.69) is 25.9 Å². The number of nitrogens with zero attached hydrogens (tertiary/aromatic N) is 1. The van der Waals surface area contributed by atoms with Crippen LogP contribution < -0.4 is 0 Å². The molecule has 0 aromatic carbocycles. The molecule has 0 radical (unpaired) electrons. The molecule has 0 heterocycles. The molecule has 0 aliphatic rings. The molecule has 0 aromatic heterocycles. The zero-order chi connectivity index (χ0) is 8.85. The van der Waals surface area contributed by atoms with E-state index in [4.69, 9.17) is 5.21 Å². The van der Waals surface area contributed by atoms with Gasteiger partial charge in [-0.05, 0) is 31.6 Å². The maximum absolute atomic E-state index is 8.41. The predicted molar refractivity (Wildman–Crippen MR) is 48.1 cm³/mol. The molecule has 66 valence electrons. The molecule has 0 fully saturated rings. The maximum atomic E-state index is 8.41. The van der Waals surface area contributed by atoms with Crippen molar-refractivity contribution in [2.45, 2.75) is 40.5 Å². The fourth-order valence-electron chi connectivity index (χ4n) is 1.43. The lowest BCUT2D eigenvalue weighted by atomic mass is 9.94. The number of hydrogen-bond donors (Lipinski definition) is 1. The molecule has 0 aliphatic carbocycles. The summed E-state index contributed by atoms with van der Waals surface area (Å²) in [5.74, 6) is 1.36. The van der Waals surface area contributed by atoms with Gasteiger partial charge in [-0.15, -0.1) is 0 Å². The van der Waals surface area contributed by atoms with Gasteiger partial charge >= 0.3 is 0 Å². The fourth-order valence-corrected chi connectivity index (χ4v) is 1.43. The summed E-state index contributed by atoms with van der Waals surface area (Å²) in [6, 6.07) is 0. The van der Waals surface area contributed by atoms with E-state index in [9.17, 15) is 0 Å². The second-order valence-corrected chi connectivity index (χ2v) is 3.77. The van der Waals surface area contributed by atoms with Crippen LogP contribution in [0.4, 0.5) is 0 Å². The zero-order valence-electron chi connectivity index (χ0n) is 7.96. The van der Waals surface area contributed by atoms with Crippen LogP contribution in [0.1, 0.15) is 40.5 Å². The van der Waals surface area contributed by atoms with E-state index in [0.29, 0.717) is 5.92 Å². The predicted octanol–water partition coefficient (Wildman–Crippen LogP) is 2.91. The quantitative estimate of drug-likeness (QED) is 0.380. The minimum atomic E-state index is 0.630. The SMILES string of the molecule is CC(CC(C)CC(C)C)=NO. The number of hydrogen-bond acceptors (Lipinski definition) is 2. The Hall–Kier alpha value is -0.530. The van der Waals surface area contributed by atoms with Crippen molar-refractivity contribution in [1.29, 1.82) is 0 Å². The molecule has 0 aromatic rings. The highest BCUT2D eigenvalue weighted by Crippen LogP contribution is 2.14. The van der Waals surface area contributed by atoms with Crippen molar-refractivity contribution in [3.8, 4) is 0 Å². The van der Waals surface area contributed by atoms with Gasteiger partial charge in [0.05, 0.1) is 5.71 Å². The van der Waals surface area contributed by atoms with Crippen LogP contribution in [-0.4, -0.2) is 10.9 Å². The average Bonchev–Trinajstić information content (AvgIpc) is 1.85. The standard InChI is InChI=1S/C9H19NO/c1-7(2)5-8(3)6-9(4)10-11/h7-8,11H,5-6H2,1-4H3. The first-order valence-electron chi connectivity index (χ1n) is 4.23. The summed E-state index contributed by atoms with van der Waals surface area (Å²) in [5.41, 5.74) is 0.832. The third kappa shape index (κ3) is 5.89. The Morgan fingerprint density at radius 3 is 2.27 bits per heavy atom.